The van der Waals surface area contributed by atoms with E-state index in [1.165, 1.54) is 26.5 Å². The molecule has 0 radical (unpaired) electrons. The molecule has 1 aromatic heterocycles. The number of carbonyl (C=O) groups is 3. The van der Waals surface area contributed by atoms with Crippen molar-refractivity contribution in [3.63, 3.8) is 0 Å². The predicted octanol–water partition coefficient (Wildman–Crippen LogP) is 2.29. The third-order valence-corrected chi connectivity index (χ3v) is 3.95. The van der Waals surface area contributed by atoms with Crippen LogP contribution in [0.25, 0.3) is 0 Å². The third kappa shape index (κ3) is 2.91. The van der Waals surface area contributed by atoms with Gasteiger partial charge < -0.3 is 14.5 Å². The van der Waals surface area contributed by atoms with Gasteiger partial charge >= 0.3 is 12.0 Å². The van der Waals surface area contributed by atoms with Crippen LogP contribution in [-0.2, 0) is 9.53 Å². The first-order valence-electron chi connectivity index (χ1n) is 7.54. The van der Waals surface area contributed by atoms with Crippen LogP contribution in [0.15, 0.2) is 64.4 Å². The topological polar surface area (TPSA) is 88.9 Å². The van der Waals surface area contributed by atoms with E-state index in [0.717, 1.165) is 4.90 Å². The maximum Gasteiger partial charge on any atom is 0.355 e. The standard InChI is InChI=1S/C18H16N2O5/c1-20-15(17(22)24-2)13(16(21)12-9-6-10-25-12)14(19-18(20)23)11-7-4-3-5-8-11/h3-10,14H,1-2H3,(H,19,23). The Morgan fingerprint density at radius 2 is 1.88 bits per heavy atom. The fraction of sp³-hybridized carbons (Fsp3) is 0.167. The number of methoxy groups -OCH3 is 1. The van der Waals surface area contributed by atoms with Gasteiger partial charge in [0.15, 0.2) is 5.76 Å². The van der Waals surface area contributed by atoms with E-state index < -0.39 is 23.8 Å². The molecule has 7 nitrogen and oxygen atoms in total. The van der Waals surface area contributed by atoms with Crippen LogP contribution in [0.2, 0.25) is 0 Å². The van der Waals surface area contributed by atoms with Gasteiger partial charge in [-0.15, -0.1) is 0 Å². The summed E-state index contributed by atoms with van der Waals surface area (Å²) in [5.41, 5.74) is 0.650. The summed E-state index contributed by atoms with van der Waals surface area (Å²) in [6, 6.07) is 10.7. The Hall–Kier alpha value is -3.35. The Labute approximate surface area is 143 Å². The number of benzene rings is 1. The molecule has 1 aromatic carbocycles. The maximum atomic E-state index is 13.0. The molecule has 0 saturated carbocycles. The maximum absolute atomic E-state index is 13.0. The smallest absolute Gasteiger partial charge is 0.355 e. The van der Waals surface area contributed by atoms with Crippen LogP contribution in [0.4, 0.5) is 4.79 Å². The summed E-state index contributed by atoms with van der Waals surface area (Å²) in [6.07, 6.45) is 1.37. The molecular formula is C18H16N2O5. The molecule has 0 saturated heterocycles. The first-order chi connectivity index (χ1) is 12.0. The highest BCUT2D eigenvalue weighted by molar-refractivity contribution is 6.14. The highest BCUT2D eigenvalue weighted by Gasteiger charge is 2.40. The van der Waals surface area contributed by atoms with Crippen molar-refractivity contribution < 1.29 is 23.5 Å². The first-order valence-corrected chi connectivity index (χ1v) is 7.54. The summed E-state index contributed by atoms with van der Waals surface area (Å²) < 4.78 is 9.98. The SMILES string of the molecule is COC(=O)C1=C(C(=O)c2ccco2)C(c2ccccc2)NC(=O)N1C. The van der Waals surface area contributed by atoms with Gasteiger partial charge in [0.1, 0.15) is 5.70 Å². The van der Waals surface area contributed by atoms with Crippen LogP contribution in [0.1, 0.15) is 22.2 Å². The zero-order chi connectivity index (χ0) is 18.0. The molecule has 7 heteroatoms. The average molecular weight is 340 g/mol. The number of likely N-dealkylation sites (N-methyl/N-ethyl adjacent to an activating group) is 1. The normalized spacial score (nSPS) is 17.3. The number of urea groups is 1. The second kappa shape index (κ2) is 6.64. The van der Waals surface area contributed by atoms with E-state index in [4.69, 9.17) is 9.15 Å². The number of rotatable bonds is 4. The average Bonchev–Trinajstić information content (AvgIpc) is 3.17. The van der Waals surface area contributed by atoms with E-state index in [2.05, 4.69) is 5.32 Å². The van der Waals surface area contributed by atoms with E-state index in [0.29, 0.717) is 5.56 Å². The molecule has 2 heterocycles. The number of hydrogen-bond acceptors (Lipinski definition) is 5. The number of nitrogens with zero attached hydrogens (tertiary/aromatic N) is 1. The van der Waals surface area contributed by atoms with Crippen molar-refractivity contribution in [3.8, 4) is 0 Å². The van der Waals surface area contributed by atoms with Crippen LogP contribution >= 0.6 is 0 Å². The molecule has 25 heavy (non-hydrogen) atoms. The molecule has 0 aliphatic carbocycles. The van der Waals surface area contributed by atoms with E-state index in [9.17, 15) is 14.4 Å². The predicted molar refractivity (Wildman–Crippen MR) is 87.6 cm³/mol. The molecule has 2 aromatic rings. The number of hydrogen-bond donors (Lipinski definition) is 1. The first kappa shape index (κ1) is 16.5. The second-order valence-corrected chi connectivity index (χ2v) is 5.41. The van der Waals surface area contributed by atoms with Crippen molar-refractivity contribution in [2.24, 2.45) is 0 Å². The summed E-state index contributed by atoms with van der Waals surface area (Å²) in [7, 11) is 2.60. The Morgan fingerprint density at radius 3 is 2.48 bits per heavy atom. The summed E-state index contributed by atoms with van der Waals surface area (Å²) in [5, 5.41) is 2.74. The van der Waals surface area contributed by atoms with Gasteiger partial charge in [0.2, 0.25) is 5.78 Å². The molecule has 3 rings (SSSR count). The highest BCUT2D eigenvalue weighted by atomic mass is 16.5. The molecular weight excluding hydrogens is 324 g/mol. The Morgan fingerprint density at radius 1 is 1.16 bits per heavy atom. The second-order valence-electron chi connectivity index (χ2n) is 5.41. The zero-order valence-corrected chi connectivity index (χ0v) is 13.7. The van der Waals surface area contributed by atoms with Crippen LogP contribution in [-0.4, -0.2) is 36.8 Å². The summed E-state index contributed by atoms with van der Waals surface area (Å²) in [5.74, 6) is -1.19. The third-order valence-electron chi connectivity index (χ3n) is 3.95. The lowest BCUT2D eigenvalue weighted by Crippen LogP contribution is -2.48. The summed E-state index contributed by atoms with van der Waals surface area (Å²) >= 11 is 0. The van der Waals surface area contributed by atoms with E-state index >= 15 is 0 Å². The van der Waals surface area contributed by atoms with Crippen molar-refractivity contribution in [2.45, 2.75) is 6.04 Å². The van der Waals surface area contributed by atoms with Gasteiger partial charge in [0, 0.05) is 7.05 Å². The summed E-state index contributed by atoms with van der Waals surface area (Å²) in [6.45, 7) is 0. The fourth-order valence-corrected chi connectivity index (χ4v) is 2.73. The summed E-state index contributed by atoms with van der Waals surface area (Å²) in [4.78, 5) is 38.7. The van der Waals surface area contributed by atoms with Crippen LogP contribution in [0, 0.1) is 0 Å². The number of ketones is 1. The quantitative estimate of drug-likeness (QED) is 0.681. The van der Waals surface area contributed by atoms with Crippen LogP contribution in [0.5, 0.6) is 0 Å². The highest BCUT2D eigenvalue weighted by Crippen LogP contribution is 2.32. The van der Waals surface area contributed by atoms with Crippen molar-refractivity contribution in [1.82, 2.24) is 10.2 Å². The number of esters is 1. The van der Waals surface area contributed by atoms with Gasteiger partial charge in [-0.25, -0.2) is 9.59 Å². The van der Waals surface area contributed by atoms with Crippen LogP contribution < -0.4 is 5.32 Å². The van der Waals surface area contributed by atoms with Crippen LogP contribution in [0.3, 0.4) is 0 Å². The van der Waals surface area contributed by atoms with Gasteiger partial charge in [-0.3, -0.25) is 9.69 Å². The van der Waals surface area contributed by atoms with Gasteiger partial charge in [-0.2, -0.15) is 0 Å². The molecule has 128 valence electrons. The monoisotopic (exact) mass is 340 g/mol. The van der Waals surface area contributed by atoms with Crippen molar-refractivity contribution in [2.75, 3.05) is 14.2 Å². The Balaban J connectivity index is 2.23. The van der Waals surface area contributed by atoms with Gasteiger partial charge in [-0.05, 0) is 17.7 Å². The number of ether oxygens (including phenoxy) is 1. The van der Waals surface area contributed by atoms with Gasteiger partial charge in [0.05, 0.1) is 25.0 Å². The molecule has 1 atom stereocenters. The molecule has 1 N–H and O–H groups in total. The van der Waals surface area contributed by atoms with Crippen molar-refractivity contribution in [3.05, 3.63) is 71.3 Å². The van der Waals surface area contributed by atoms with E-state index in [1.54, 1.807) is 30.3 Å². The van der Waals surface area contributed by atoms with Gasteiger partial charge in [-0.1, -0.05) is 30.3 Å². The lowest BCUT2D eigenvalue weighted by molar-refractivity contribution is -0.137. The van der Waals surface area contributed by atoms with E-state index in [-0.39, 0.29) is 17.0 Å². The molecule has 2 amide bonds. The van der Waals surface area contributed by atoms with Crippen molar-refractivity contribution >= 4 is 17.8 Å². The van der Waals surface area contributed by atoms with Gasteiger partial charge in [0.25, 0.3) is 0 Å². The Bertz CT molecular complexity index is 840. The molecule has 0 fully saturated rings. The number of amides is 2. The molecule has 0 bridgehead atoms. The minimum Gasteiger partial charge on any atom is -0.464 e. The molecule has 1 aliphatic heterocycles. The lowest BCUT2D eigenvalue weighted by atomic mass is 9.90. The minimum atomic E-state index is -0.795. The van der Waals surface area contributed by atoms with Crippen molar-refractivity contribution in [1.29, 1.82) is 0 Å². The number of Topliss-reactive ketones (excluding diaryl/α,β-unsaturated/α-hetero) is 1. The fourth-order valence-electron chi connectivity index (χ4n) is 2.73. The number of furan rings is 1. The zero-order valence-electron chi connectivity index (χ0n) is 13.7. The minimum absolute atomic E-state index is 0.0712. The largest absolute Gasteiger partial charge is 0.464 e. The van der Waals surface area contributed by atoms with E-state index in [1.807, 2.05) is 6.07 Å². The number of nitrogens with one attached hydrogen (secondary N) is 1. The Kier molecular flexibility index (Phi) is 4.38. The molecule has 1 unspecified atom stereocenters. The lowest BCUT2D eigenvalue weighted by Gasteiger charge is -2.33. The number of carbonyl (C=O) groups excluding carboxylic acids is 3. The molecule has 0 spiro atoms. The molecule has 1 aliphatic rings.